The minimum atomic E-state index is -0.447. The zero-order chi connectivity index (χ0) is 13.7. The van der Waals surface area contributed by atoms with Gasteiger partial charge in [0, 0.05) is 12.1 Å². The molecule has 5 heteroatoms. The summed E-state index contributed by atoms with van der Waals surface area (Å²) >= 11 is 5.92. The molecular weight excluding hydrogens is 252 g/mol. The molecule has 1 N–H and O–H groups in total. The molecule has 0 radical (unpaired) electrons. The van der Waals surface area contributed by atoms with Crippen molar-refractivity contribution in [3.05, 3.63) is 38.4 Å². The molecule has 18 heavy (non-hydrogen) atoms. The molecule has 0 saturated carbocycles. The van der Waals surface area contributed by atoms with Crippen molar-refractivity contribution in [2.45, 2.75) is 39.7 Å². The maximum Gasteiger partial charge on any atom is 0.288 e. The van der Waals surface area contributed by atoms with Gasteiger partial charge >= 0.3 is 0 Å². The van der Waals surface area contributed by atoms with Gasteiger partial charge in [0.05, 0.1) is 4.92 Å². The fraction of sp³-hybridized carbons (Fsp3) is 0.538. The van der Waals surface area contributed by atoms with Crippen LogP contribution in [0.1, 0.15) is 31.4 Å². The molecule has 1 aromatic rings. The summed E-state index contributed by atoms with van der Waals surface area (Å²) in [6.45, 7) is 7.07. The van der Waals surface area contributed by atoms with Crippen LogP contribution in [0.5, 0.6) is 0 Å². The smallest absolute Gasteiger partial charge is 0.288 e. The summed E-state index contributed by atoms with van der Waals surface area (Å²) in [5, 5.41) is 14.4. The molecule has 1 rings (SSSR count). The number of benzene rings is 1. The second-order valence-electron chi connectivity index (χ2n) is 4.55. The van der Waals surface area contributed by atoms with Gasteiger partial charge in [0.15, 0.2) is 0 Å². The Morgan fingerprint density at radius 1 is 1.50 bits per heavy atom. The van der Waals surface area contributed by atoms with Crippen molar-refractivity contribution in [2.24, 2.45) is 0 Å². The fourth-order valence-electron chi connectivity index (χ4n) is 1.86. The predicted octanol–water partition coefficient (Wildman–Crippen LogP) is 3.49. The standard InChI is InChI=1S/C13H19ClN2O2/c1-4-5-15-10(3)7-11-8-12(14)13(16(17)18)6-9(11)2/h6,8,10,15H,4-5,7H2,1-3H3. The minimum Gasteiger partial charge on any atom is -0.314 e. The molecule has 0 bridgehead atoms. The number of rotatable bonds is 6. The van der Waals surface area contributed by atoms with Crippen molar-refractivity contribution in [3.8, 4) is 0 Å². The normalized spacial score (nSPS) is 12.4. The quantitative estimate of drug-likeness (QED) is 0.636. The Kier molecular flexibility index (Phi) is 5.56. The fourth-order valence-corrected chi connectivity index (χ4v) is 2.12. The Labute approximate surface area is 112 Å². The van der Waals surface area contributed by atoms with Gasteiger partial charge in [-0.3, -0.25) is 10.1 Å². The van der Waals surface area contributed by atoms with E-state index in [1.165, 1.54) is 0 Å². The van der Waals surface area contributed by atoms with Crippen LogP contribution in [0.25, 0.3) is 0 Å². The van der Waals surface area contributed by atoms with Crippen molar-refractivity contribution in [2.75, 3.05) is 6.54 Å². The number of nitro groups is 1. The second-order valence-corrected chi connectivity index (χ2v) is 4.95. The third kappa shape index (κ3) is 3.96. The zero-order valence-electron chi connectivity index (χ0n) is 11.0. The first kappa shape index (κ1) is 14.9. The van der Waals surface area contributed by atoms with Crippen molar-refractivity contribution >= 4 is 17.3 Å². The predicted molar refractivity (Wildman–Crippen MR) is 74.3 cm³/mol. The summed E-state index contributed by atoms with van der Waals surface area (Å²) < 4.78 is 0. The molecule has 0 aliphatic heterocycles. The van der Waals surface area contributed by atoms with Gasteiger partial charge in [-0.2, -0.15) is 0 Å². The summed E-state index contributed by atoms with van der Waals surface area (Å²) in [5.41, 5.74) is 1.95. The molecule has 0 saturated heterocycles. The molecule has 1 atom stereocenters. The van der Waals surface area contributed by atoms with Crippen molar-refractivity contribution in [1.82, 2.24) is 5.32 Å². The lowest BCUT2D eigenvalue weighted by Crippen LogP contribution is -2.28. The maximum absolute atomic E-state index is 10.8. The van der Waals surface area contributed by atoms with Crippen LogP contribution in [0.4, 0.5) is 5.69 Å². The number of aryl methyl sites for hydroxylation is 1. The monoisotopic (exact) mass is 270 g/mol. The van der Waals surface area contributed by atoms with Crippen LogP contribution >= 0.6 is 11.6 Å². The van der Waals surface area contributed by atoms with E-state index in [1.54, 1.807) is 12.1 Å². The molecule has 0 heterocycles. The van der Waals surface area contributed by atoms with E-state index in [0.717, 1.165) is 30.5 Å². The molecule has 0 aromatic heterocycles. The Morgan fingerprint density at radius 2 is 2.17 bits per heavy atom. The molecule has 4 nitrogen and oxygen atoms in total. The number of hydrogen-bond acceptors (Lipinski definition) is 3. The first-order valence-electron chi connectivity index (χ1n) is 6.12. The van der Waals surface area contributed by atoms with Crippen molar-refractivity contribution in [1.29, 1.82) is 0 Å². The van der Waals surface area contributed by atoms with E-state index in [2.05, 4.69) is 19.2 Å². The van der Waals surface area contributed by atoms with E-state index < -0.39 is 4.92 Å². The minimum absolute atomic E-state index is 0.0212. The van der Waals surface area contributed by atoms with Gasteiger partial charge in [0.2, 0.25) is 0 Å². The lowest BCUT2D eigenvalue weighted by atomic mass is 10.0. The maximum atomic E-state index is 10.8. The van der Waals surface area contributed by atoms with E-state index in [4.69, 9.17) is 11.6 Å². The van der Waals surface area contributed by atoms with Crippen LogP contribution in [-0.2, 0) is 6.42 Å². The summed E-state index contributed by atoms with van der Waals surface area (Å²) in [6, 6.07) is 3.59. The zero-order valence-corrected chi connectivity index (χ0v) is 11.8. The van der Waals surface area contributed by atoms with E-state index >= 15 is 0 Å². The summed E-state index contributed by atoms with van der Waals surface area (Å²) in [5.74, 6) is 0. The van der Waals surface area contributed by atoms with Gasteiger partial charge in [-0.1, -0.05) is 18.5 Å². The average Bonchev–Trinajstić information content (AvgIpc) is 2.30. The Morgan fingerprint density at radius 3 is 2.72 bits per heavy atom. The van der Waals surface area contributed by atoms with Gasteiger partial charge in [0.25, 0.3) is 5.69 Å². The Balaban J connectivity index is 2.84. The highest BCUT2D eigenvalue weighted by Gasteiger charge is 2.15. The lowest BCUT2D eigenvalue weighted by molar-refractivity contribution is -0.384. The first-order chi connectivity index (χ1) is 8.45. The molecule has 0 amide bonds. The number of nitrogens with zero attached hydrogens (tertiary/aromatic N) is 1. The third-order valence-corrected chi connectivity index (χ3v) is 3.17. The van der Waals surface area contributed by atoms with Gasteiger partial charge in [-0.05, 0) is 50.4 Å². The molecule has 1 aromatic carbocycles. The van der Waals surface area contributed by atoms with E-state index in [9.17, 15) is 10.1 Å². The van der Waals surface area contributed by atoms with E-state index in [0.29, 0.717) is 6.04 Å². The first-order valence-corrected chi connectivity index (χ1v) is 6.50. The van der Waals surface area contributed by atoms with Gasteiger partial charge in [-0.25, -0.2) is 0 Å². The van der Waals surface area contributed by atoms with Crippen LogP contribution in [0, 0.1) is 17.0 Å². The highest BCUT2D eigenvalue weighted by molar-refractivity contribution is 6.32. The largest absolute Gasteiger partial charge is 0.314 e. The summed E-state index contributed by atoms with van der Waals surface area (Å²) in [6.07, 6.45) is 1.91. The molecule has 0 aliphatic carbocycles. The van der Waals surface area contributed by atoms with Crippen molar-refractivity contribution < 1.29 is 4.92 Å². The summed E-state index contributed by atoms with van der Waals surface area (Å²) in [7, 11) is 0. The van der Waals surface area contributed by atoms with Crippen LogP contribution in [0.3, 0.4) is 0 Å². The molecule has 100 valence electrons. The highest BCUT2D eigenvalue weighted by Crippen LogP contribution is 2.28. The second kappa shape index (κ2) is 6.71. The van der Waals surface area contributed by atoms with Gasteiger partial charge < -0.3 is 5.32 Å². The molecule has 0 aliphatic rings. The van der Waals surface area contributed by atoms with Crippen molar-refractivity contribution in [3.63, 3.8) is 0 Å². The highest BCUT2D eigenvalue weighted by atomic mass is 35.5. The summed E-state index contributed by atoms with van der Waals surface area (Å²) in [4.78, 5) is 10.3. The van der Waals surface area contributed by atoms with Crippen LogP contribution < -0.4 is 5.32 Å². The van der Waals surface area contributed by atoms with E-state index in [-0.39, 0.29) is 10.7 Å². The van der Waals surface area contributed by atoms with Crippen LogP contribution in [0.15, 0.2) is 12.1 Å². The van der Waals surface area contributed by atoms with E-state index in [1.807, 2.05) is 6.92 Å². The molecule has 0 spiro atoms. The van der Waals surface area contributed by atoms with Crippen LogP contribution in [-0.4, -0.2) is 17.5 Å². The number of nitrogens with one attached hydrogen (secondary N) is 1. The molecular formula is C13H19ClN2O2. The number of halogens is 1. The Bertz CT molecular complexity index is 435. The SMILES string of the molecule is CCCNC(C)Cc1cc(Cl)c([N+](=O)[O-])cc1C. The lowest BCUT2D eigenvalue weighted by Gasteiger charge is -2.15. The van der Waals surface area contributed by atoms with Crippen LogP contribution in [0.2, 0.25) is 5.02 Å². The topological polar surface area (TPSA) is 55.2 Å². The number of nitro benzene ring substituents is 1. The van der Waals surface area contributed by atoms with Gasteiger partial charge in [0.1, 0.15) is 5.02 Å². The number of hydrogen-bond donors (Lipinski definition) is 1. The average molecular weight is 271 g/mol. The van der Waals surface area contributed by atoms with Gasteiger partial charge in [-0.15, -0.1) is 0 Å². The third-order valence-electron chi connectivity index (χ3n) is 2.87. The molecule has 0 fully saturated rings. The molecule has 1 unspecified atom stereocenters. The Hall–Kier alpha value is -1.13.